The van der Waals surface area contributed by atoms with Crippen molar-refractivity contribution in [3.63, 3.8) is 0 Å². The van der Waals surface area contributed by atoms with Crippen LogP contribution in [-0.4, -0.2) is 17.6 Å². The zero-order chi connectivity index (χ0) is 10.8. The molecule has 7 heteroatoms. The van der Waals surface area contributed by atoms with E-state index in [0.717, 1.165) is 12.1 Å². The van der Waals surface area contributed by atoms with Crippen LogP contribution < -0.4 is 4.74 Å². The number of ether oxygens (including phenoxy) is 1. The third kappa shape index (κ3) is 2.68. The average molecular weight is 209 g/mol. The normalized spacial score (nSPS) is 11.1. The molecule has 0 spiro atoms. The van der Waals surface area contributed by atoms with Crippen molar-refractivity contribution in [1.29, 1.82) is 0 Å². The summed E-state index contributed by atoms with van der Waals surface area (Å²) >= 11 is 0. The number of carbonyl (C=O) groups is 1. The summed E-state index contributed by atoms with van der Waals surface area (Å²) in [4.78, 5) is 12.9. The molecule has 76 valence electrons. The summed E-state index contributed by atoms with van der Waals surface area (Å²) in [5.41, 5.74) is -0.431. The van der Waals surface area contributed by atoms with Crippen LogP contribution in [0.25, 0.3) is 0 Å². The molecule has 3 nitrogen and oxygen atoms in total. The van der Waals surface area contributed by atoms with E-state index in [4.69, 9.17) is 0 Å². The molecule has 0 aliphatic rings. The van der Waals surface area contributed by atoms with E-state index >= 15 is 0 Å². The number of halogens is 4. The molecule has 1 rings (SSSR count). The highest BCUT2D eigenvalue weighted by atomic mass is 19.4. The van der Waals surface area contributed by atoms with E-state index in [1.54, 1.807) is 0 Å². The maximum atomic E-state index is 12.6. The maximum absolute atomic E-state index is 12.6. The molecule has 0 N–H and O–H groups in total. The predicted octanol–water partition coefficient (Wildman–Crippen LogP) is 1.93. The van der Waals surface area contributed by atoms with Crippen molar-refractivity contribution < 1.29 is 27.1 Å². The van der Waals surface area contributed by atoms with Gasteiger partial charge in [-0.25, -0.2) is 0 Å². The van der Waals surface area contributed by atoms with Gasteiger partial charge in [0.15, 0.2) is 6.29 Å². The van der Waals surface area contributed by atoms with E-state index in [2.05, 4.69) is 9.72 Å². The van der Waals surface area contributed by atoms with Gasteiger partial charge in [0.25, 0.3) is 0 Å². The zero-order valence-corrected chi connectivity index (χ0v) is 6.51. The second kappa shape index (κ2) is 3.60. The van der Waals surface area contributed by atoms with Gasteiger partial charge in [-0.15, -0.1) is 13.2 Å². The fraction of sp³-hybridized carbons (Fsp3) is 0.143. The lowest BCUT2D eigenvalue weighted by Gasteiger charge is -2.07. The van der Waals surface area contributed by atoms with Gasteiger partial charge in [-0.2, -0.15) is 9.37 Å². The molecule has 0 aromatic carbocycles. The largest absolute Gasteiger partial charge is 0.574 e. The Morgan fingerprint density at radius 2 is 2.00 bits per heavy atom. The van der Waals surface area contributed by atoms with E-state index in [0.29, 0.717) is 0 Å². The Morgan fingerprint density at radius 3 is 2.43 bits per heavy atom. The molecule has 14 heavy (non-hydrogen) atoms. The van der Waals surface area contributed by atoms with Crippen molar-refractivity contribution in [3.05, 3.63) is 23.6 Å². The maximum Gasteiger partial charge on any atom is 0.574 e. The van der Waals surface area contributed by atoms with Crippen molar-refractivity contribution >= 4 is 6.29 Å². The molecule has 0 aliphatic heterocycles. The van der Waals surface area contributed by atoms with Crippen molar-refractivity contribution in [2.24, 2.45) is 0 Å². The monoisotopic (exact) mass is 209 g/mol. The van der Waals surface area contributed by atoms with E-state index in [1.165, 1.54) is 0 Å². The van der Waals surface area contributed by atoms with Crippen molar-refractivity contribution in [3.8, 4) is 5.88 Å². The molecule has 0 fully saturated rings. The lowest BCUT2D eigenvalue weighted by Crippen LogP contribution is -2.18. The first-order chi connectivity index (χ1) is 6.42. The molecular weight excluding hydrogens is 206 g/mol. The smallest absolute Gasteiger partial charge is 0.388 e. The van der Waals surface area contributed by atoms with Crippen LogP contribution in [0.5, 0.6) is 5.88 Å². The summed E-state index contributed by atoms with van der Waals surface area (Å²) in [5.74, 6) is -2.25. The summed E-state index contributed by atoms with van der Waals surface area (Å²) in [6.07, 6.45) is -4.79. The Bertz CT molecular complexity index is 350. The Balaban J connectivity index is 2.92. The van der Waals surface area contributed by atoms with E-state index in [-0.39, 0.29) is 6.29 Å². The van der Waals surface area contributed by atoms with Crippen LogP contribution in [0.2, 0.25) is 0 Å². The number of carbonyl (C=O) groups excluding carboxylic acids is 1. The highest BCUT2D eigenvalue weighted by Crippen LogP contribution is 2.21. The van der Waals surface area contributed by atoms with Gasteiger partial charge < -0.3 is 4.74 Å². The molecule has 0 radical (unpaired) electrons. The first-order valence-electron chi connectivity index (χ1n) is 3.30. The van der Waals surface area contributed by atoms with Crippen LogP contribution in [0.4, 0.5) is 17.6 Å². The molecular formula is C7H3F4NO2. The molecule has 1 aromatic rings. The number of nitrogens with zero attached hydrogens (tertiary/aromatic N) is 1. The molecule has 0 saturated heterocycles. The molecule has 0 saturated carbocycles. The van der Waals surface area contributed by atoms with Crippen LogP contribution in [0, 0.1) is 5.95 Å². The lowest BCUT2D eigenvalue weighted by atomic mass is 10.3. The number of alkyl halides is 3. The van der Waals surface area contributed by atoms with Gasteiger partial charge in [0.2, 0.25) is 11.8 Å². The average Bonchev–Trinajstić information content (AvgIpc) is 2.01. The quantitative estimate of drug-likeness (QED) is 0.424. The minimum absolute atomic E-state index is 0.139. The van der Waals surface area contributed by atoms with Crippen LogP contribution in [0.3, 0.4) is 0 Å². The molecule has 0 atom stereocenters. The van der Waals surface area contributed by atoms with Crippen LogP contribution in [-0.2, 0) is 0 Å². The van der Waals surface area contributed by atoms with Crippen LogP contribution in [0.1, 0.15) is 10.4 Å². The number of hydrogen-bond donors (Lipinski definition) is 0. The molecule has 0 amide bonds. The topological polar surface area (TPSA) is 39.2 Å². The fourth-order valence-corrected chi connectivity index (χ4v) is 0.692. The van der Waals surface area contributed by atoms with Crippen LogP contribution >= 0.6 is 0 Å². The van der Waals surface area contributed by atoms with Gasteiger partial charge in [-0.1, -0.05) is 0 Å². The highest BCUT2D eigenvalue weighted by molar-refractivity contribution is 5.74. The second-order valence-corrected chi connectivity index (χ2v) is 2.20. The predicted molar refractivity (Wildman–Crippen MR) is 36.3 cm³/mol. The Hall–Kier alpha value is -1.66. The summed E-state index contributed by atoms with van der Waals surface area (Å²) in [5, 5.41) is 0. The third-order valence-electron chi connectivity index (χ3n) is 1.20. The molecule has 0 aliphatic carbocycles. The summed E-state index contributed by atoms with van der Waals surface area (Å²) < 4.78 is 50.8. The van der Waals surface area contributed by atoms with Gasteiger partial charge in [-0.3, -0.25) is 4.79 Å². The molecule has 1 aromatic heterocycles. The van der Waals surface area contributed by atoms with E-state index in [9.17, 15) is 22.4 Å². The van der Waals surface area contributed by atoms with E-state index in [1.807, 2.05) is 0 Å². The van der Waals surface area contributed by atoms with Gasteiger partial charge in [0, 0.05) is 6.07 Å². The standard InChI is InChI=1S/C7H3F4NO2/c8-6-4(3-13)1-2-5(12-6)14-7(9,10)11/h1-3H. The SMILES string of the molecule is O=Cc1ccc(OC(F)(F)F)nc1F. The third-order valence-corrected chi connectivity index (χ3v) is 1.20. The molecule has 0 bridgehead atoms. The Morgan fingerprint density at radius 1 is 1.36 bits per heavy atom. The minimum Gasteiger partial charge on any atom is -0.388 e. The van der Waals surface area contributed by atoms with Crippen molar-refractivity contribution in [2.75, 3.05) is 0 Å². The van der Waals surface area contributed by atoms with Gasteiger partial charge in [0.1, 0.15) is 0 Å². The minimum atomic E-state index is -4.93. The number of rotatable bonds is 2. The van der Waals surface area contributed by atoms with Gasteiger partial charge in [-0.05, 0) is 6.07 Å². The number of aldehydes is 1. The number of pyridine rings is 1. The summed E-state index contributed by atoms with van der Waals surface area (Å²) in [6, 6.07) is 1.59. The lowest BCUT2D eigenvalue weighted by molar-refractivity contribution is -0.276. The van der Waals surface area contributed by atoms with Gasteiger partial charge >= 0.3 is 6.36 Å². The van der Waals surface area contributed by atoms with E-state index < -0.39 is 23.8 Å². The molecule has 0 unspecified atom stereocenters. The van der Waals surface area contributed by atoms with Crippen molar-refractivity contribution in [2.45, 2.75) is 6.36 Å². The Labute approximate surface area is 75.3 Å². The zero-order valence-electron chi connectivity index (χ0n) is 6.51. The fourth-order valence-electron chi connectivity index (χ4n) is 0.692. The highest BCUT2D eigenvalue weighted by Gasteiger charge is 2.32. The molecule has 1 heterocycles. The van der Waals surface area contributed by atoms with Crippen LogP contribution in [0.15, 0.2) is 12.1 Å². The van der Waals surface area contributed by atoms with Gasteiger partial charge in [0.05, 0.1) is 5.56 Å². The second-order valence-electron chi connectivity index (χ2n) is 2.20. The first-order valence-corrected chi connectivity index (χ1v) is 3.30. The number of aromatic nitrogens is 1. The summed E-state index contributed by atoms with van der Waals surface area (Å²) in [6.45, 7) is 0. The van der Waals surface area contributed by atoms with Crippen molar-refractivity contribution in [1.82, 2.24) is 4.98 Å². The number of hydrogen-bond acceptors (Lipinski definition) is 3. The summed E-state index contributed by atoms with van der Waals surface area (Å²) in [7, 11) is 0. The Kier molecular flexibility index (Phi) is 2.68. The first kappa shape index (κ1) is 10.4.